The Morgan fingerprint density at radius 3 is 2.76 bits per heavy atom. The molecule has 0 aromatic heterocycles. The number of rotatable bonds is 4. The van der Waals surface area contributed by atoms with E-state index in [1.165, 1.54) is 0 Å². The summed E-state index contributed by atoms with van der Waals surface area (Å²) in [6, 6.07) is 9.75. The van der Waals surface area contributed by atoms with Gasteiger partial charge in [0.2, 0.25) is 5.91 Å². The minimum absolute atomic E-state index is 0.0564. The van der Waals surface area contributed by atoms with Gasteiger partial charge in [-0.2, -0.15) is 5.26 Å². The van der Waals surface area contributed by atoms with Crippen molar-refractivity contribution in [1.29, 1.82) is 5.26 Å². The fraction of sp³-hybridized carbons (Fsp3) is 0.385. The van der Waals surface area contributed by atoms with Crippen molar-refractivity contribution in [3.8, 4) is 6.07 Å². The van der Waals surface area contributed by atoms with Crippen LogP contribution in [0.1, 0.15) is 19.4 Å². The number of nitriles is 1. The summed E-state index contributed by atoms with van der Waals surface area (Å²) in [4.78, 5) is 11.7. The molecule has 0 heterocycles. The van der Waals surface area contributed by atoms with E-state index in [0.717, 1.165) is 10.0 Å². The van der Waals surface area contributed by atoms with Gasteiger partial charge < -0.3 is 5.32 Å². The van der Waals surface area contributed by atoms with Crippen LogP contribution in [0, 0.1) is 17.2 Å². The van der Waals surface area contributed by atoms with Crippen molar-refractivity contribution in [3.05, 3.63) is 34.3 Å². The molecule has 1 aromatic carbocycles. The molecule has 1 aromatic rings. The molecule has 1 N–H and O–H groups in total. The summed E-state index contributed by atoms with van der Waals surface area (Å²) < 4.78 is 0.955. The molecule has 0 aliphatic carbocycles. The number of hydrogen-bond donors (Lipinski definition) is 1. The van der Waals surface area contributed by atoms with E-state index in [9.17, 15) is 4.79 Å². The molecule has 17 heavy (non-hydrogen) atoms. The van der Waals surface area contributed by atoms with E-state index in [4.69, 9.17) is 5.26 Å². The number of carbonyl (C=O) groups excluding carboxylic acids is 1. The lowest BCUT2D eigenvalue weighted by atomic mass is 10.00. The highest BCUT2D eigenvalue weighted by atomic mass is 79.9. The molecule has 90 valence electrons. The first-order valence-electron chi connectivity index (χ1n) is 5.47. The molecular formula is C13H15BrN2O. The number of halogens is 1. The maximum absolute atomic E-state index is 11.7. The van der Waals surface area contributed by atoms with E-state index >= 15 is 0 Å². The van der Waals surface area contributed by atoms with Gasteiger partial charge in [-0.15, -0.1) is 0 Å². The van der Waals surface area contributed by atoms with Gasteiger partial charge in [0, 0.05) is 10.5 Å². The van der Waals surface area contributed by atoms with E-state index in [1.807, 2.05) is 44.2 Å². The number of nitrogens with one attached hydrogen (secondary N) is 1. The zero-order chi connectivity index (χ0) is 12.8. The topological polar surface area (TPSA) is 52.9 Å². The monoisotopic (exact) mass is 294 g/mol. The smallest absolute Gasteiger partial charge is 0.237 e. The summed E-state index contributed by atoms with van der Waals surface area (Å²) in [6.45, 7) is 3.76. The summed E-state index contributed by atoms with van der Waals surface area (Å²) >= 11 is 3.37. The lowest BCUT2D eigenvalue weighted by molar-refractivity contribution is -0.123. The van der Waals surface area contributed by atoms with Crippen LogP contribution >= 0.6 is 15.9 Å². The van der Waals surface area contributed by atoms with E-state index in [1.54, 1.807) is 0 Å². The molecule has 0 saturated heterocycles. The molecule has 1 atom stereocenters. The first kappa shape index (κ1) is 13.7. The Morgan fingerprint density at radius 1 is 1.53 bits per heavy atom. The normalized spacial score (nSPS) is 11.9. The van der Waals surface area contributed by atoms with Crippen molar-refractivity contribution in [1.82, 2.24) is 5.32 Å². The molecule has 0 bridgehead atoms. The third-order valence-electron chi connectivity index (χ3n) is 2.23. The summed E-state index contributed by atoms with van der Waals surface area (Å²) in [6.07, 6.45) is 0.439. The Balaban J connectivity index is 2.71. The van der Waals surface area contributed by atoms with Crippen LogP contribution in [0.3, 0.4) is 0 Å². The first-order valence-corrected chi connectivity index (χ1v) is 6.26. The molecule has 0 spiro atoms. The number of benzene rings is 1. The van der Waals surface area contributed by atoms with Gasteiger partial charge in [0.15, 0.2) is 0 Å². The molecule has 3 nitrogen and oxygen atoms in total. The zero-order valence-corrected chi connectivity index (χ0v) is 11.5. The van der Waals surface area contributed by atoms with Gasteiger partial charge in [0.1, 0.15) is 5.92 Å². The summed E-state index contributed by atoms with van der Waals surface area (Å²) in [5.41, 5.74) is 0.977. The molecule has 0 radical (unpaired) electrons. The molecule has 0 aliphatic rings. The van der Waals surface area contributed by atoms with Crippen molar-refractivity contribution in [2.75, 3.05) is 0 Å². The quantitative estimate of drug-likeness (QED) is 0.928. The van der Waals surface area contributed by atoms with Crippen LogP contribution < -0.4 is 5.32 Å². The fourth-order valence-electron chi connectivity index (χ4n) is 1.48. The number of hydrogen-bond acceptors (Lipinski definition) is 2. The standard InChI is InChI=1S/C13H15BrN2O/c1-9(2)16-13(17)11(8-15)6-10-4-3-5-12(14)7-10/h3-5,7,9,11H,6H2,1-2H3,(H,16,17). The van der Waals surface area contributed by atoms with Gasteiger partial charge in [-0.1, -0.05) is 28.1 Å². The Kier molecular flexibility index (Phi) is 5.17. The van der Waals surface area contributed by atoms with Gasteiger partial charge >= 0.3 is 0 Å². The zero-order valence-electron chi connectivity index (χ0n) is 9.90. The second-order valence-corrected chi connectivity index (χ2v) is 5.09. The van der Waals surface area contributed by atoms with Gasteiger partial charge in [-0.05, 0) is 38.0 Å². The maximum atomic E-state index is 11.7. The Hall–Kier alpha value is -1.34. The Morgan fingerprint density at radius 2 is 2.24 bits per heavy atom. The van der Waals surface area contributed by atoms with Crippen molar-refractivity contribution in [2.45, 2.75) is 26.3 Å². The minimum atomic E-state index is -0.633. The van der Waals surface area contributed by atoms with Crippen LogP contribution in [-0.2, 0) is 11.2 Å². The van der Waals surface area contributed by atoms with Crippen LogP contribution in [0.25, 0.3) is 0 Å². The summed E-state index contributed by atoms with van der Waals surface area (Å²) in [5, 5.41) is 11.8. The highest BCUT2D eigenvalue weighted by molar-refractivity contribution is 9.10. The highest BCUT2D eigenvalue weighted by Crippen LogP contribution is 2.15. The van der Waals surface area contributed by atoms with Crippen LogP contribution in [0.4, 0.5) is 0 Å². The van der Waals surface area contributed by atoms with Crippen molar-refractivity contribution < 1.29 is 4.79 Å². The van der Waals surface area contributed by atoms with Crippen molar-refractivity contribution >= 4 is 21.8 Å². The van der Waals surface area contributed by atoms with Crippen LogP contribution in [0.15, 0.2) is 28.7 Å². The number of carbonyl (C=O) groups is 1. The summed E-state index contributed by atoms with van der Waals surface area (Å²) in [7, 11) is 0. The number of nitrogens with zero attached hydrogens (tertiary/aromatic N) is 1. The summed E-state index contributed by atoms with van der Waals surface area (Å²) in [5.74, 6) is -0.839. The minimum Gasteiger partial charge on any atom is -0.353 e. The Bertz CT molecular complexity index is 437. The molecule has 1 unspecified atom stereocenters. The third-order valence-corrected chi connectivity index (χ3v) is 2.73. The molecule has 0 aliphatic heterocycles. The molecule has 4 heteroatoms. The lowest BCUT2D eigenvalue weighted by Crippen LogP contribution is -2.35. The predicted molar refractivity (Wildman–Crippen MR) is 70.2 cm³/mol. The largest absolute Gasteiger partial charge is 0.353 e. The van der Waals surface area contributed by atoms with Gasteiger partial charge in [-0.3, -0.25) is 4.79 Å². The fourth-order valence-corrected chi connectivity index (χ4v) is 1.93. The van der Waals surface area contributed by atoms with E-state index in [-0.39, 0.29) is 11.9 Å². The SMILES string of the molecule is CC(C)NC(=O)C(C#N)Cc1cccc(Br)c1. The second kappa shape index (κ2) is 6.41. The average molecular weight is 295 g/mol. The van der Waals surface area contributed by atoms with E-state index in [2.05, 4.69) is 21.2 Å². The Labute approximate surface area is 110 Å². The molecule has 0 saturated carbocycles. The van der Waals surface area contributed by atoms with Gasteiger partial charge in [0.25, 0.3) is 0 Å². The second-order valence-electron chi connectivity index (χ2n) is 4.18. The van der Waals surface area contributed by atoms with Crippen LogP contribution in [-0.4, -0.2) is 11.9 Å². The lowest BCUT2D eigenvalue weighted by Gasteiger charge is -2.12. The van der Waals surface area contributed by atoms with Crippen LogP contribution in [0.2, 0.25) is 0 Å². The van der Waals surface area contributed by atoms with Gasteiger partial charge in [-0.25, -0.2) is 0 Å². The highest BCUT2D eigenvalue weighted by Gasteiger charge is 2.18. The van der Waals surface area contributed by atoms with Crippen molar-refractivity contribution in [2.24, 2.45) is 5.92 Å². The maximum Gasteiger partial charge on any atom is 0.237 e. The predicted octanol–water partition coefficient (Wildman–Crippen LogP) is 2.66. The number of amides is 1. The first-order chi connectivity index (χ1) is 8.02. The van der Waals surface area contributed by atoms with Gasteiger partial charge in [0.05, 0.1) is 6.07 Å². The molecule has 0 fully saturated rings. The van der Waals surface area contributed by atoms with Crippen molar-refractivity contribution in [3.63, 3.8) is 0 Å². The molecule has 1 amide bonds. The third kappa shape index (κ3) is 4.58. The van der Waals surface area contributed by atoms with E-state index in [0.29, 0.717) is 6.42 Å². The average Bonchev–Trinajstić information content (AvgIpc) is 2.24. The van der Waals surface area contributed by atoms with Crippen LogP contribution in [0.5, 0.6) is 0 Å². The van der Waals surface area contributed by atoms with E-state index < -0.39 is 5.92 Å². The molecule has 1 rings (SSSR count). The molecular weight excluding hydrogens is 280 g/mol.